The molecule has 0 unspecified atom stereocenters. The zero-order chi connectivity index (χ0) is 15.4. The molecule has 21 heavy (non-hydrogen) atoms. The molecule has 110 valence electrons. The van der Waals surface area contributed by atoms with Gasteiger partial charge in [-0.1, -0.05) is 12.1 Å². The minimum atomic E-state index is -1.02. The molecule has 6 nitrogen and oxygen atoms in total. The largest absolute Gasteiger partial charge is 0.497 e. The van der Waals surface area contributed by atoms with Crippen molar-refractivity contribution in [1.29, 1.82) is 0 Å². The Morgan fingerprint density at radius 1 is 1.43 bits per heavy atom. The molecular formula is C15H17N3O3. The number of methoxy groups -OCH3 is 1. The van der Waals surface area contributed by atoms with Gasteiger partial charge in [0, 0.05) is 19.8 Å². The average Bonchev–Trinajstić information content (AvgIpc) is 2.46. The Hall–Kier alpha value is -2.63. The summed E-state index contributed by atoms with van der Waals surface area (Å²) in [7, 11) is 3.48. The zero-order valence-electron chi connectivity index (χ0n) is 12.2. The molecule has 1 N–H and O–H groups in total. The second kappa shape index (κ2) is 6.21. The van der Waals surface area contributed by atoms with Crippen LogP contribution in [0.5, 0.6) is 5.75 Å². The van der Waals surface area contributed by atoms with Crippen molar-refractivity contribution in [2.75, 3.05) is 19.1 Å². The molecule has 6 heteroatoms. The van der Waals surface area contributed by atoms with Crippen molar-refractivity contribution in [3.05, 3.63) is 47.3 Å². The first kappa shape index (κ1) is 14.8. The summed E-state index contributed by atoms with van der Waals surface area (Å²) < 4.78 is 5.19. The van der Waals surface area contributed by atoms with Gasteiger partial charge >= 0.3 is 5.97 Å². The first-order valence-corrected chi connectivity index (χ1v) is 6.42. The van der Waals surface area contributed by atoms with E-state index in [0.29, 0.717) is 18.2 Å². The fourth-order valence-corrected chi connectivity index (χ4v) is 1.96. The maximum absolute atomic E-state index is 11.0. The van der Waals surface area contributed by atoms with E-state index in [1.54, 1.807) is 14.0 Å². The molecule has 0 aliphatic heterocycles. The van der Waals surface area contributed by atoms with Crippen molar-refractivity contribution in [1.82, 2.24) is 9.97 Å². The third-order valence-corrected chi connectivity index (χ3v) is 3.09. The van der Waals surface area contributed by atoms with Gasteiger partial charge in [-0.05, 0) is 24.6 Å². The number of aryl methyl sites for hydroxylation is 1. The van der Waals surface area contributed by atoms with Crippen LogP contribution in [0.2, 0.25) is 0 Å². The molecule has 0 fully saturated rings. The minimum Gasteiger partial charge on any atom is -0.497 e. The number of carboxylic acid groups (broad SMARTS) is 1. The third kappa shape index (κ3) is 3.47. The third-order valence-electron chi connectivity index (χ3n) is 3.09. The van der Waals surface area contributed by atoms with E-state index >= 15 is 0 Å². The van der Waals surface area contributed by atoms with Crippen LogP contribution in [0.1, 0.15) is 21.6 Å². The first-order valence-electron chi connectivity index (χ1n) is 6.42. The monoisotopic (exact) mass is 287 g/mol. The van der Waals surface area contributed by atoms with E-state index in [4.69, 9.17) is 9.84 Å². The van der Waals surface area contributed by atoms with Crippen molar-refractivity contribution in [2.24, 2.45) is 0 Å². The number of carboxylic acids is 1. The molecule has 2 aromatic rings. The standard InChI is InChI=1S/C15H17N3O3/c1-10-13(14(19)20)8-16-15(17-10)18(2)9-11-5-4-6-12(7-11)21-3/h4-8H,9H2,1-3H3,(H,19,20). The fraction of sp³-hybridized carbons (Fsp3) is 0.267. The summed E-state index contributed by atoms with van der Waals surface area (Å²) in [4.78, 5) is 21.1. The van der Waals surface area contributed by atoms with Gasteiger partial charge in [0.25, 0.3) is 0 Å². The maximum atomic E-state index is 11.0. The molecule has 0 aliphatic rings. The van der Waals surface area contributed by atoms with E-state index in [1.165, 1.54) is 6.20 Å². The molecule has 1 heterocycles. The van der Waals surface area contributed by atoms with E-state index in [1.807, 2.05) is 36.2 Å². The lowest BCUT2D eigenvalue weighted by molar-refractivity contribution is 0.0695. The normalized spacial score (nSPS) is 10.2. The topological polar surface area (TPSA) is 75.5 Å². The van der Waals surface area contributed by atoms with Gasteiger partial charge < -0.3 is 14.7 Å². The Morgan fingerprint density at radius 3 is 2.81 bits per heavy atom. The average molecular weight is 287 g/mol. The number of rotatable bonds is 5. The van der Waals surface area contributed by atoms with Gasteiger partial charge in [-0.15, -0.1) is 0 Å². The molecule has 0 amide bonds. The van der Waals surface area contributed by atoms with Crippen molar-refractivity contribution in [3.8, 4) is 5.75 Å². The van der Waals surface area contributed by atoms with Crippen LogP contribution in [-0.2, 0) is 6.54 Å². The van der Waals surface area contributed by atoms with Crippen LogP contribution in [0.4, 0.5) is 5.95 Å². The van der Waals surface area contributed by atoms with E-state index in [9.17, 15) is 4.79 Å². The summed E-state index contributed by atoms with van der Waals surface area (Å²) >= 11 is 0. The highest BCUT2D eigenvalue weighted by molar-refractivity contribution is 5.88. The first-order chi connectivity index (χ1) is 10.0. The lowest BCUT2D eigenvalue weighted by atomic mass is 10.2. The molecular weight excluding hydrogens is 270 g/mol. The van der Waals surface area contributed by atoms with Crippen molar-refractivity contribution in [2.45, 2.75) is 13.5 Å². The van der Waals surface area contributed by atoms with Gasteiger partial charge in [0.05, 0.1) is 18.4 Å². The Bertz CT molecular complexity index is 658. The summed E-state index contributed by atoms with van der Waals surface area (Å²) in [6, 6.07) is 7.72. The van der Waals surface area contributed by atoms with E-state index in [-0.39, 0.29) is 5.56 Å². The minimum absolute atomic E-state index is 0.119. The highest BCUT2D eigenvalue weighted by atomic mass is 16.5. The quantitative estimate of drug-likeness (QED) is 0.908. The Morgan fingerprint density at radius 2 is 2.19 bits per heavy atom. The second-order valence-electron chi connectivity index (χ2n) is 4.68. The van der Waals surface area contributed by atoms with Crippen LogP contribution in [0.3, 0.4) is 0 Å². The Kier molecular flexibility index (Phi) is 4.37. The van der Waals surface area contributed by atoms with Crippen LogP contribution in [0.15, 0.2) is 30.5 Å². The van der Waals surface area contributed by atoms with Gasteiger partial charge in [0.2, 0.25) is 5.95 Å². The van der Waals surface area contributed by atoms with Crippen LogP contribution >= 0.6 is 0 Å². The smallest absolute Gasteiger partial charge is 0.339 e. The molecule has 0 aliphatic carbocycles. The number of ether oxygens (including phenoxy) is 1. The van der Waals surface area contributed by atoms with Gasteiger partial charge in [-0.3, -0.25) is 0 Å². The van der Waals surface area contributed by atoms with Crippen molar-refractivity contribution >= 4 is 11.9 Å². The van der Waals surface area contributed by atoms with Crippen LogP contribution in [0.25, 0.3) is 0 Å². The van der Waals surface area contributed by atoms with Gasteiger partial charge in [0.15, 0.2) is 0 Å². The SMILES string of the molecule is COc1cccc(CN(C)c2ncc(C(=O)O)c(C)n2)c1. The molecule has 0 radical (unpaired) electrons. The molecule has 0 bridgehead atoms. The predicted octanol–water partition coefficient (Wildman–Crippen LogP) is 2.13. The predicted molar refractivity (Wildman–Crippen MR) is 78.8 cm³/mol. The van der Waals surface area contributed by atoms with Crippen LogP contribution in [-0.4, -0.2) is 35.2 Å². The lowest BCUT2D eigenvalue weighted by Crippen LogP contribution is -2.20. The number of anilines is 1. The Labute approximate surface area is 123 Å². The number of aromatic carboxylic acids is 1. The number of aromatic nitrogens is 2. The molecule has 1 aromatic heterocycles. The second-order valence-corrected chi connectivity index (χ2v) is 4.68. The van der Waals surface area contributed by atoms with Crippen molar-refractivity contribution < 1.29 is 14.6 Å². The zero-order valence-corrected chi connectivity index (χ0v) is 12.2. The van der Waals surface area contributed by atoms with Gasteiger partial charge in [-0.2, -0.15) is 0 Å². The molecule has 0 spiro atoms. The molecule has 2 rings (SSSR count). The summed E-state index contributed by atoms with van der Waals surface area (Å²) in [6.45, 7) is 2.26. The number of carbonyl (C=O) groups is 1. The maximum Gasteiger partial charge on any atom is 0.339 e. The fourth-order valence-electron chi connectivity index (χ4n) is 1.96. The Balaban J connectivity index is 2.18. The highest BCUT2D eigenvalue weighted by Gasteiger charge is 2.12. The highest BCUT2D eigenvalue weighted by Crippen LogP contribution is 2.16. The van der Waals surface area contributed by atoms with E-state index in [0.717, 1.165) is 11.3 Å². The molecule has 0 atom stereocenters. The number of hydrogen-bond acceptors (Lipinski definition) is 5. The van der Waals surface area contributed by atoms with Crippen molar-refractivity contribution in [3.63, 3.8) is 0 Å². The molecule has 0 saturated carbocycles. The van der Waals surface area contributed by atoms with Crippen LogP contribution < -0.4 is 9.64 Å². The van der Waals surface area contributed by atoms with Gasteiger partial charge in [0.1, 0.15) is 5.75 Å². The van der Waals surface area contributed by atoms with Gasteiger partial charge in [-0.25, -0.2) is 14.8 Å². The lowest BCUT2D eigenvalue weighted by Gasteiger charge is -2.18. The summed E-state index contributed by atoms with van der Waals surface area (Å²) in [6.07, 6.45) is 1.34. The molecule has 0 saturated heterocycles. The van der Waals surface area contributed by atoms with Crippen LogP contribution in [0, 0.1) is 6.92 Å². The summed E-state index contributed by atoms with van der Waals surface area (Å²) in [5.74, 6) is 0.258. The number of nitrogens with zero attached hydrogens (tertiary/aromatic N) is 3. The summed E-state index contributed by atoms with van der Waals surface area (Å²) in [5, 5.41) is 8.98. The van der Waals surface area contributed by atoms with E-state index in [2.05, 4.69) is 9.97 Å². The molecule has 1 aromatic carbocycles. The summed E-state index contributed by atoms with van der Waals surface area (Å²) in [5.41, 5.74) is 1.62. The number of benzene rings is 1. The number of hydrogen-bond donors (Lipinski definition) is 1. The van der Waals surface area contributed by atoms with E-state index < -0.39 is 5.97 Å².